The SMILES string of the molecule is COC(=O)C[C@@H](NC(=O)c1ccc(O)cc1)C(=O)OC. The Balaban J connectivity index is 2.78. The van der Waals surface area contributed by atoms with Crippen LogP contribution in [-0.4, -0.2) is 43.2 Å². The molecule has 20 heavy (non-hydrogen) atoms. The van der Waals surface area contributed by atoms with Crippen molar-refractivity contribution in [2.45, 2.75) is 12.5 Å². The number of carbonyl (C=O) groups is 3. The predicted octanol–water partition coefficient (Wildman–Crippen LogP) is 0.227. The molecule has 2 N–H and O–H groups in total. The van der Waals surface area contributed by atoms with Gasteiger partial charge in [0.05, 0.1) is 20.6 Å². The van der Waals surface area contributed by atoms with Crippen molar-refractivity contribution < 1.29 is 29.0 Å². The maximum atomic E-state index is 11.9. The third kappa shape index (κ3) is 4.27. The van der Waals surface area contributed by atoms with Crippen LogP contribution in [0.5, 0.6) is 5.75 Å². The summed E-state index contributed by atoms with van der Waals surface area (Å²) >= 11 is 0. The molecular formula is C13H15NO6. The molecule has 0 spiro atoms. The molecule has 1 rings (SSSR count). The molecule has 0 radical (unpaired) electrons. The molecule has 0 aliphatic carbocycles. The molecule has 7 nitrogen and oxygen atoms in total. The number of rotatable bonds is 5. The molecule has 1 aromatic rings. The topological polar surface area (TPSA) is 102 Å². The first-order chi connectivity index (χ1) is 9.47. The Bertz CT molecular complexity index is 496. The second-order valence-corrected chi connectivity index (χ2v) is 3.88. The van der Waals surface area contributed by atoms with E-state index in [0.717, 1.165) is 7.11 Å². The molecule has 108 valence electrons. The largest absolute Gasteiger partial charge is 0.508 e. The highest BCUT2D eigenvalue weighted by Crippen LogP contribution is 2.10. The molecule has 1 amide bonds. The maximum absolute atomic E-state index is 11.9. The zero-order valence-corrected chi connectivity index (χ0v) is 11.1. The monoisotopic (exact) mass is 281 g/mol. The Hall–Kier alpha value is -2.57. The molecule has 0 aliphatic heterocycles. The van der Waals surface area contributed by atoms with Crippen LogP contribution in [0, 0.1) is 0 Å². The molecule has 7 heteroatoms. The van der Waals surface area contributed by atoms with Gasteiger partial charge in [-0.3, -0.25) is 9.59 Å². The highest BCUT2D eigenvalue weighted by atomic mass is 16.5. The number of aromatic hydroxyl groups is 1. The van der Waals surface area contributed by atoms with Gasteiger partial charge in [0.2, 0.25) is 0 Å². The molecule has 0 unspecified atom stereocenters. The highest BCUT2D eigenvalue weighted by molar-refractivity contribution is 5.97. The zero-order valence-electron chi connectivity index (χ0n) is 11.1. The van der Waals surface area contributed by atoms with Crippen molar-refractivity contribution in [3.63, 3.8) is 0 Å². The lowest BCUT2D eigenvalue weighted by Crippen LogP contribution is -2.43. The number of ether oxygens (including phenoxy) is 2. The smallest absolute Gasteiger partial charge is 0.328 e. The van der Waals surface area contributed by atoms with Gasteiger partial charge >= 0.3 is 11.9 Å². The lowest BCUT2D eigenvalue weighted by atomic mass is 10.1. The van der Waals surface area contributed by atoms with Gasteiger partial charge in [-0.05, 0) is 24.3 Å². The Kier molecular flexibility index (Phi) is 5.52. The number of hydrogen-bond acceptors (Lipinski definition) is 6. The van der Waals surface area contributed by atoms with E-state index in [-0.39, 0.29) is 17.7 Å². The summed E-state index contributed by atoms with van der Waals surface area (Å²) in [7, 11) is 2.33. The number of methoxy groups -OCH3 is 2. The normalized spacial score (nSPS) is 11.3. The fourth-order valence-electron chi connectivity index (χ4n) is 1.44. The predicted molar refractivity (Wildman–Crippen MR) is 68.0 cm³/mol. The van der Waals surface area contributed by atoms with Gasteiger partial charge in [0.1, 0.15) is 11.8 Å². The Morgan fingerprint density at radius 3 is 2.25 bits per heavy atom. The van der Waals surface area contributed by atoms with Gasteiger partial charge in [-0.25, -0.2) is 4.79 Å². The summed E-state index contributed by atoms with van der Waals surface area (Å²) in [6.45, 7) is 0. The number of hydrogen-bond donors (Lipinski definition) is 2. The van der Waals surface area contributed by atoms with E-state index in [0.29, 0.717) is 0 Å². The van der Waals surface area contributed by atoms with Gasteiger partial charge in [0.15, 0.2) is 0 Å². The molecule has 0 heterocycles. The molecule has 1 aromatic carbocycles. The van der Waals surface area contributed by atoms with E-state index in [1.165, 1.54) is 31.4 Å². The van der Waals surface area contributed by atoms with Crippen LogP contribution in [0.15, 0.2) is 24.3 Å². The fraction of sp³-hybridized carbons (Fsp3) is 0.308. The lowest BCUT2D eigenvalue weighted by molar-refractivity contribution is -0.149. The summed E-state index contributed by atoms with van der Waals surface area (Å²) in [5.41, 5.74) is 0.238. The minimum atomic E-state index is -1.13. The number of benzene rings is 1. The number of phenolic OH excluding ortho intramolecular Hbond substituents is 1. The van der Waals surface area contributed by atoms with Crippen LogP contribution >= 0.6 is 0 Å². The van der Waals surface area contributed by atoms with Crippen molar-refractivity contribution >= 4 is 17.8 Å². The lowest BCUT2D eigenvalue weighted by Gasteiger charge is -2.15. The van der Waals surface area contributed by atoms with Crippen LogP contribution in [0.1, 0.15) is 16.8 Å². The van der Waals surface area contributed by atoms with E-state index in [1.54, 1.807) is 0 Å². The summed E-state index contributed by atoms with van der Waals surface area (Å²) in [6, 6.07) is 4.31. The van der Waals surface area contributed by atoms with Crippen molar-refractivity contribution in [3.05, 3.63) is 29.8 Å². The van der Waals surface area contributed by atoms with Gasteiger partial charge in [0, 0.05) is 5.56 Å². The summed E-state index contributed by atoms with van der Waals surface area (Å²) in [5, 5.41) is 11.5. The molecular weight excluding hydrogens is 266 g/mol. The van der Waals surface area contributed by atoms with E-state index in [9.17, 15) is 14.4 Å². The molecule has 0 aromatic heterocycles. The van der Waals surface area contributed by atoms with Crippen LogP contribution in [0.25, 0.3) is 0 Å². The molecule has 0 saturated heterocycles. The average Bonchev–Trinajstić information content (AvgIpc) is 2.46. The second-order valence-electron chi connectivity index (χ2n) is 3.88. The summed E-state index contributed by atoms with van der Waals surface area (Å²) in [6.07, 6.45) is -0.326. The average molecular weight is 281 g/mol. The van der Waals surface area contributed by atoms with E-state index in [4.69, 9.17) is 5.11 Å². The third-order valence-corrected chi connectivity index (χ3v) is 2.52. The number of amides is 1. The quantitative estimate of drug-likeness (QED) is 0.749. The summed E-state index contributed by atoms with van der Waals surface area (Å²) < 4.78 is 8.96. The van der Waals surface area contributed by atoms with Crippen molar-refractivity contribution in [1.82, 2.24) is 5.32 Å². The van der Waals surface area contributed by atoms with Gasteiger partial charge in [-0.15, -0.1) is 0 Å². The summed E-state index contributed by atoms with van der Waals surface area (Å²) in [5.74, 6) is -1.95. The number of esters is 2. The first-order valence-electron chi connectivity index (χ1n) is 5.72. The molecule has 0 aliphatic rings. The van der Waals surface area contributed by atoms with Gasteiger partial charge in [0.25, 0.3) is 5.91 Å². The second kappa shape index (κ2) is 7.13. The van der Waals surface area contributed by atoms with Gasteiger partial charge in [-0.1, -0.05) is 0 Å². The first-order valence-corrected chi connectivity index (χ1v) is 5.72. The number of phenols is 1. The first kappa shape index (κ1) is 15.5. The molecule has 0 bridgehead atoms. The fourth-order valence-corrected chi connectivity index (χ4v) is 1.44. The molecule has 0 saturated carbocycles. The minimum absolute atomic E-state index is 0.0145. The summed E-state index contributed by atoms with van der Waals surface area (Å²) in [4.78, 5) is 34.6. The van der Waals surface area contributed by atoms with Crippen LogP contribution in [0.2, 0.25) is 0 Å². The third-order valence-electron chi connectivity index (χ3n) is 2.52. The number of carbonyl (C=O) groups excluding carboxylic acids is 3. The van der Waals surface area contributed by atoms with Gasteiger partial charge in [-0.2, -0.15) is 0 Å². The standard InChI is InChI=1S/C13H15NO6/c1-19-11(16)7-10(13(18)20-2)14-12(17)8-3-5-9(15)6-4-8/h3-6,10,15H,7H2,1-2H3,(H,14,17)/t10-/m1/s1. The van der Waals surface area contributed by atoms with Crippen molar-refractivity contribution in [2.24, 2.45) is 0 Å². The van der Waals surface area contributed by atoms with Crippen LogP contribution in [-0.2, 0) is 19.1 Å². The van der Waals surface area contributed by atoms with Crippen LogP contribution < -0.4 is 5.32 Å². The van der Waals surface area contributed by atoms with Crippen molar-refractivity contribution in [3.8, 4) is 5.75 Å². The Morgan fingerprint density at radius 2 is 1.75 bits per heavy atom. The Labute approximate surface area is 115 Å². The Morgan fingerprint density at radius 1 is 1.15 bits per heavy atom. The van der Waals surface area contributed by atoms with E-state index in [1.807, 2.05) is 0 Å². The molecule has 0 fully saturated rings. The van der Waals surface area contributed by atoms with Crippen LogP contribution in [0.3, 0.4) is 0 Å². The highest BCUT2D eigenvalue weighted by Gasteiger charge is 2.25. The number of nitrogens with one attached hydrogen (secondary N) is 1. The van der Waals surface area contributed by atoms with E-state index in [2.05, 4.69) is 14.8 Å². The van der Waals surface area contributed by atoms with E-state index < -0.39 is 23.9 Å². The minimum Gasteiger partial charge on any atom is -0.508 e. The van der Waals surface area contributed by atoms with Gasteiger partial charge < -0.3 is 19.9 Å². The van der Waals surface area contributed by atoms with Crippen molar-refractivity contribution in [2.75, 3.05) is 14.2 Å². The van der Waals surface area contributed by atoms with E-state index >= 15 is 0 Å². The van der Waals surface area contributed by atoms with Crippen molar-refractivity contribution in [1.29, 1.82) is 0 Å². The zero-order chi connectivity index (χ0) is 15.1. The van der Waals surface area contributed by atoms with Crippen LogP contribution in [0.4, 0.5) is 0 Å². The maximum Gasteiger partial charge on any atom is 0.328 e. The molecule has 1 atom stereocenters.